The van der Waals surface area contributed by atoms with Crippen LogP contribution in [-0.2, 0) is 6.54 Å². The number of hydrogen-bond donors (Lipinski definition) is 2. The lowest BCUT2D eigenvalue weighted by Crippen LogP contribution is -2.38. The second kappa shape index (κ2) is 9.99. The molecule has 0 saturated heterocycles. The monoisotopic (exact) mass is 390 g/mol. The quantitative estimate of drug-likeness (QED) is 0.446. The lowest BCUT2D eigenvalue weighted by molar-refractivity contribution is 0.255. The van der Waals surface area contributed by atoms with Gasteiger partial charge in [0.15, 0.2) is 5.96 Å². The Labute approximate surface area is 139 Å². The van der Waals surface area contributed by atoms with Gasteiger partial charge in [-0.3, -0.25) is 9.89 Å². The van der Waals surface area contributed by atoms with Crippen LogP contribution in [0, 0.1) is 0 Å². The van der Waals surface area contributed by atoms with E-state index in [0.29, 0.717) is 24.6 Å². The van der Waals surface area contributed by atoms with Crippen LogP contribution in [0.25, 0.3) is 0 Å². The van der Waals surface area contributed by atoms with Gasteiger partial charge in [0.25, 0.3) is 0 Å². The number of guanidine groups is 1. The molecule has 114 valence electrons. The molecule has 0 aliphatic carbocycles. The molecule has 3 N–H and O–H groups in total. The third kappa shape index (κ3) is 7.69. The molecule has 1 unspecified atom stereocenters. The Morgan fingerprint density at radius 3 is 2.40 bits per heavy atom. The molecule has 1 atom stereocenters. The van der Waals surface area contributed by atoms with Crippen LogP contribution in [0.2, 0.25) is 0 Å². The first kappa shape index (κ1) is 19.2. The van der Waals surface area contributed by atoms with Crippen LogP contribution in [0.4, 0.5) is 0 Å². The number of benzene rings is 1. The van der Waals surface area contributed by atoms with E-state index >= 15 is 0 Å². The fourth-order valence-electron chi connectivity index (χ4n) is 1.74. The molecule has 4 nitrogen and oxygen atoms in total. The van der Waals surface area contributed by atoms with Gasteiger partial charge in [-0.2, -0.15) is 0 Å². The maximum Gasteiger partial charge on any atom is 0.188 e. The first-order valence-electron chi connectivity index (χ1n) is 6.79. The highest BCUT2D eigenvalue weighted by Gasteiger charge is 2.09. The van der Waals surface area contributed by atoms with Crippen LogP contribution in [0.3, 0.4) is 0 Å². The summed E-state index contributed by atoms with van der Waals surface area (Å²) in [5.74, 6) is 0.523. The summed E-state index contributed by atoms with van der Waals surface area (Å²) in [6.07, 6.45) is 0. The number of nitrogens with one attached hydrogen (secondary N) is 1. The van der Waals surface area contributed by atoms with E-state index < -0.39 is 0 Å². The van der Waals surface area contributed by atoms with Crippen molar-refractivity contribution in [3.05, 3.63) is 35.9 Å². The first-order valence-corrected chi connectivity index (χ1v) is 6.79. The number of hydrogen-bond acceptors (Lipinski definition) is 2. The average molecular weight is 390 g/mol. The van der Waals surface area contributed by atoms with Crippen LogP contribution in [-0.4, -0.2) is 36.5 Å². The van der Waals surface area contributed by atoms with E-state index in [1.807, 2.05) is 19.9 Å². The third-order valence-electron chi connectivity index (χ3n) is 2.99. The molecule has 1 aromatic rings. The summed E-state index contributed by atoms with van der Waals surface area (Å²) in [6, 6.07) is 11.1. The maximum absolute atomic E-state index is 5.80. The molecular formula is C15H27IN4. The van der Waals surface area contributed by atoms with Crippen molar-refractivity contribution in [1.82, 2.24) is 10.2 Å². The van der Waals surface area contributed by atoms with E-state index in [1.54, 1.807) is 0 Å². The Hall–Kier alpha value is -0.820. The zero-order valence-electron chi connectivity index (χ0n) is 12.8. The van der Waals surface area contributed by atoms with Gasteiger partial charge in [0.1, 0.15) is 0 Å². The number of rotatable bonds is 6. The molecule has 20 heavy (non-hydrogen) atoms. The molecule has 5 heteroatoms. The number of halogens is 1. The summed E-state index contributed by atoms with van der Waals surface area (Å²) in [5, 5.41) is 3.10. The van der Waals surface area contributed by atoms with Crippen LogP contribution in [0.1, 0.15) is 26.3 Å². The third-order valence-corrected chi connectivity index (χ3v) is 2.99. The average Bonchev–Trinajstić information content (AvgIpc) is 2.36. The first-order chi connectivity index (χ1) is 8.99. The van der Waals surface area contributed by atoms with E-state index in [-0.39, 0.29) is 24.0 Å². The summed E-state index contributed by atoms with van der Waals surface area (Å²) in [4.78, 5) is 6.65. The van der Waals surface area contributed by atoms with E-state index in [4.69, 9.17) is 5.73 Å². The Balaban J connectivity index is 0.00000361. The SMILES string of the molecule is CC(C)NC(N)=NCC(C)N(C)Cc1ccccc1.I. The molecule has 1 rings (SSSR count). The highest BCUT2D eigenvalue weighted by atomic mass is 127. The van der Waals surface area contributed by atoms with Crippen LogP contribution >= 0.6 is 24.0 Å². The molecular weight excluding hydrogens is 363 g/mol. The Morgan fingerprint density at radius 2 is 1.85 bits per heavy atom. The minimum atomic E-state index is 0. The van der Waals surface area contributed by atoms with Crippen molar-refractivity contribution in [3.63, 3.8) is 0 Å². The minimum absolute atomic E-state index is 0. The molecule has 1 aromatic carbocycles. The van der Waals surface area contributed by atoms with Gasteiger partial charge in [-0.1, -0.05) is 30.3 Å². The van der Waals surface area contributed by atoms with Gasteiger partial charge >= 0.3 is 0 Å². The molecule has 0 radical (unpaired) electrons. The Morgan fingerprint density at radius 1 is 1.25 bits per heavy atom. The maximum atomic E-state index is 5.80. The lowest BCUT2D eigenvalue weighted by Gasteiger charge is -2.23. The van der Waals surface area contributed by atoms with Gasteiger partial charge < -0.3 is 11.1 Å². The number of nitrogens with two attached hydrogens (primary N) is 1. The number of aliphatic imine (C=N–C) groups is 1. The van der Waals surface area contributed by atoms with Crippen LogP contribution in [0.5, 0.6) is 0 Å². The lowest BCUT2D eigenvalue weighted by atomic mass is 10.2. The van der Waals surface area contributed by atoms with Crippen molar-refractivity contribution in [1.29, 1.82) is 0 Å². The van der Waals surface area contributed by atoms with Crippen molar-refractivity contribution in [2.45, 2.75) is 39.4 Å². The summed E-state index contributed by atoms with van der Waals surface area (Å²) in [7, 11) is 2.11. The van der Waals surface area contributed by atoms with E-state index in [1.165, 1.54) is 5.56 Å². The van der Waals surface area contributed by atoms with E-state index in [9.17, 15) is 0 Å². The molecule has 0 bridgehead atoms. The molecule has 0 spiro atoms. The highest BCUT2D eigenvalue weighted by Crippen LogP contribution is 2.06. The summed E-state index contributed by atoms with van der Waals surface area (Å²) < 4.78 is 0. The molecule has 0 aliphatic rings. The summed E-state index contributed by atoms with van der Waals surface area (Å²) >= 11 is 0. The van der Waals surface area contributed by atoms with Crippen molar-refractivity contribution < 1.29 is 0 Å². The van der Waals surface area contributed by atoms with Crippen molar-refractivity contribution in [2.75, 3.05) is 13.6 Å². The van der Waals surface area contributed by atoms with Gasteiger partial charge in [-0.25, -0.2) is 0 Å². The van der Waals surface area contributed by atoms with Crippen molar-refractivity contribution in [2.24, 2.45) is 10.7 Å². The van der Waals surface area contributed by atoms with Gasteiger partial charge in [-0.15, -0.1) is 24.0 Å². The number of nitrogens with zero attached hydrogens (tertiary/aromatic N) is 2. The highest BCUT2D eigenvalue weighted by molar-refractivity contribution is 14.0. The minimum Gasteiger partial charge on any atom is -0.370 e. The van der Waals surface area contributed by atoms with Crippen LogP contribution in [0.15, 0.2) is 35.3 Å². The largest absolute Gasteiger partial charge is 0.370 e. The Bertz CT molecular complexity index is 392. The smallest absolute Gasteiger partial charge is 0.188 e. The van der Waals surface area contributed by atoms with Gasteiger partial charge in [0, 0.05) is 18.6 Å². The number of likely N-dealkylation sites (N-methyl/N-ethyl adjacent to an activating group) is 1. The molecule has 0 fully saturated rings. The predicted molar refractivity (Wildman–Crippen MR) is 97.5 cm³/mol. The normalized spacial score (nSPS) is 13.2. The predicted octanol–water partition coefficient (Wildman–Crippen LogP) is 2.44. The second-order valence-electron chi connectivity index (χ2n) is 5.27. The molecule has 0 heterocycles. The molecule has 0 aliphatic heterocycles. The molecule has 0 aromatic heterocycles. The standard InChI is InChI=1S/C15H26N4.HI/c1-12(2)18-15(16)17-10-13(3)19(4)11-14-8-6-5-7-9-14;/h5-9,12-13H,10-11H2,1-4H3,(H3,16,17,18);1H. The van der Waals surface area contributed by atoms with Crippen molar-refractivity contribution >= 4 is 29.9 Å². The fraction of sp³-hybridized carbons (Fsp3) is 0.533. The zero-order valence-corrected chi connectivity index (χ0v) is 15.2. The topological polar surface area (TPSA) is 53.6 Å². The van der Waals surface area contributed by atoms with E-state index in [2.05, 4.69) is 53.4 Å². The molecule has 0 amide bonds. The summed E-state index contributed by atoms with van der Waals surface area (Å²) in [5.41, 5.74) is 7.11. The Kier molecular flexibility index (Phi) is 9.58. The van der Waals surface area contributed by atoms with E-state index in [0.717, 1.165) is 6.54 Å². The summed E-state index contributed by atoms with van der Waals surface area (Å²) in [6.45, 7) is 7.89. The molecule has 0 saturated carbocycles. The van der Waals surface area contributed by atoms with Crippen molar-refractivity contribution in [3.8, 4) is 0 Å². The van der Waals surface area contributed by atoms with Gasteiger partial charge in [0.2, 0.25) is 0 Å². The van der Waals surface area contributed by atoms with Crippen LogP contribution < -0.4 is 11.1 Å². The van der Waals surface area contributed by atoms with Gasteiger partial charge in [-0.05, 0) is 33.4 Å². The second-order valence-corrected chi connectivity index (χ2v) is 5.27. The van der Waals surface area contributed by atoms with Gasteiger partial charge in [0.05, 0.1) is 6.54 Å². The zero-order chi connectivity index (χ0) is 14.3. The fourth-order valence-corrected chi connectivity index (χ4v) is 1.74.